The molecule has 1 heterocycles. The third-order valence-electron chi connectivity index (χ3n) is 2.63. The molecule has 5 nitrogen and oxygen atoms in total. The van der Waals surface area contributed by atoms with E-state index in [2.05, 4.69) is 5.32 Å². The van der Waals surface area contributed by atoms with Gasteiger partial charge in [0.05, 0.1) is 0 Å². The molecule has 0 saturated carbocycles. The van der Waals surface area contributed by atoms with Gasteiger partial charge in [-0.3, -0.25) is 4.79 Å². The lowest BCUT2D eigenvalue weighted by Gasteiger charge is -2.04. The molecule has 0 aliphatic rings. The van der Waals surface area contributed by atoms with Crippen molar-refractivity contribution in [3.05, 3.63) is 53.5 Å². The molecule has 5 heteroatoms. The second kappa shape index (κ2) is 5.39. The zero-order valence-corrected chi connectivity index (χ0v) is 10.3. The lowest BCUT2D eigenvalue weighted by molar-refractivity contribution is 0.0660. The van der Waals surface area contributed by atoms with Crippen LogP contribution in [0.3, 0.4) is 0 Å². The number of aryl methyl sites for hydroxylation is 1. The fourth-order valence-electron chi connectivity index (χ4n) is 1.64. The van der Waals surface area contributed by atoms with Crippen molar-refractivity contribution in [3.63, 3.8) is 0 Å². The quantitative estimate of drug-likeness (QED) is 0.884. The van der Waals surface area contributed by atoms with Gasteiger partial charge in [0.2, 0.25) is 5.76 Å². The predicted molar refractivity (Wildman–Crippen MR) is 69.4 cm³/mol. The summed E-state index contributed by atoms with van der Waals surface area (Å²) in [5.74, 6) is -1.96. The number of nitrogens with one attached hydrogen (secondary N) is 1. The molecule has 2 rings (SSSR count). The number of amides is 1. The van der Waals surface area contributed by atoms with Gasteiger partial charge in [-0.15, -0.1) is 0 Å². The Morgan fingerprint density at radius 1 is 1.21 bits per heavy atom. The summed E-state index contributed by atoms with van der Waals surface area (Å²) in [6.07, 6.45) is 0.869. The molecule has 1 aromatic heterocycles. The molecular weight excluding hydrogens is 246 g/mol. The maximum atomic E-state index is 11.9. The van der Waals surface area contributed by atoms with Gasteiger partial charge in [0.25, 0.3) is 5.91 Å². The largest absolute Gasteiger partial charge is 0.475 e. The molecule has 0 atom stereocenters. The molecule has 1 aromatic carbocycles. The monoisotopic (exact) mass is 259 g/mol. The predicted octanol–water partition coefficient (Wildman–Crippen LogP) is 2.79. The minimum Gasteiger partial charge on any atom is -0.475 e. The number of carboxylic acid groups (broad SMARTS) is 1. The maximum Gasteiger partial charge on any atom is 0.371 e. The molecule has 0 fully saturated rings. The lowest BCUT2D eigenvalue weighted by atomic mass is 10.1. The van der Waals surface area contributed by atoms with E-state index in [0.29, 0.717) is 5.69 Å². The van der Waals surface area contributed by atoms with Crippen molar-refractivity contribution in [2.75, 3.05) is 5.32 Å². The first kappa shape index (κ1) is 12.9. The number of furan rings is 1. The smallest absolute Gasteiger partial charge is 0.371 e. The first-order valence-electron chi connectivity index (χ1n) is 5.83. The number of carbonyl (C=O) groups excluding carboxylic acids is 1. The average Bonchev–Trinajstić information content (AvgIpc) is 2.89. The van der Waals surface area contributed by atoms with Gasteiger partial charge in [0.1, 0.15) is 0 Å². The van der Waals surface area contributed by atoms with Crippen LogP contribution in [0.1, 0.15) is 33.6 Å². The Morgan fingerprint density at radius 2 is 1.95 bits per heavy atom. The van der Waals surface area contributed by atoms with E-state index >= 15 is 0 Å². The van der Waals surface area contributed by atoms with Crippen LogP contribution in [0.4, 0.5) is 5.69 Å². The summed E-state index contributed by atoms with van der Waals surface area (Å²) < 4.78 is 4.92. The normalized spacial score (nSPS) is 10.2. The highest BCUT2D eigenvalue weighted by molar-refractivity contribution is 6.02. The summed E-state index contributed by atoms with van der Waals surface area (Å²) in [5.41, 5.74) is 1.75. The number of benzene rings is 1. The number of carboxylic acids is 1. The van der Waals surface area contributed by atoms with Crippen LogP contribution in [0.15, 0.2) is 40.8 Å². The fourth-order valence-corrected chi connectivity index (χ4v) is 1.64. The molecule has 0 unspecified atom stereocenters. The molecule has 0 radical (unpaired) electrons. The lowest BCUT2D eigenvalue weighted by Crippen LogP contribution is -2.11. The van der Waals surface area contributed by atoms with Crippen LogP contribution >= 0.6 is 0 Å². The van der Waals surface area contributed by atoms with Gasteiger partial charge >= 0.3 is 5.97 Å². The van der Waals surface area contributed by atoms with Crippen LogP contribution in [0.25, 0.3) is 0 Å². The number of hydrogen-bond donors (Lipinski definition) is 2. The van der Waals surface area contributed by atoms with Gasteiger partial charge in [-0.1, -0.05) is 19.1 Å². The minimum absolute atomic E-state index is 0.0284. The molecule has 19 heavy (non-hydrogen) atoms. The van der Waals surface area contributed by atoms with E-state index < -0.39 is 11.9 Å². The van der Waals surface area contributed by atoms with Crippen molar-refractivity contribution in [2.45, 2.75) is 13.3 Å². The molecular formula is C14H13NO4. The van der Waals surface area contributed by atoms with Crippen LogP contribution in [0.5, 0.6) is 0 Å². The summed E-state index contributed by atoms with van der Waals surface area (Å²) in [7, 11) is 0. The third-order valence-corrected chi connectivity index (χ3v) is 2.63. The van der Waals surface area contributed by atoms with Gasteiger partial charge in [-0.25, -0.2) is 4.79 Å². The van der Waals surface area contributed by atoms with Crippen LogP contribution < -0.4 is 5.32 Å². The van der Waals surface area contributed by atoms with Crippen LogP contribution in [-0.2, 0) is 6.42 Å². The maximum absolute atomic E-state index is 11.9. The number of hydrogen-bond acceptors (Lipinski definition) is 3. The van der Waals surface area contributed by atoms with Crippen molar-refractivity contribution in [1.29, 1.82) is 0 Å². The molecule has 1 amide bonds. The second-order valence-corrected chi connectivity index (χ2v) is 3.98. The third kappa shape index (κ3) is 3.01. The average molecular weight is 259 g/mol. The first-order chi connectivity index (χ1) is 9.10. The zero-order valence-electron chi connectivity index (χ0n) is 10.3. The van der Waals surface area contributed by atoms with E-state index in [1.165, 1.54) is 12.1 Å². The Balaban J connectivity index is 2.13. The van der Waals surface area contributed by atoms with Crippen molar-refractivity contribution in [3.8, 4) is 0 Å². The van der Waals surface area contributed by atoms with E-state index in [4.69, 9.17) is 9.52 Å². The highest BCUT2D eigenvalue weighted by Crippen LogP contribution is 2.14. The topological polar surface area (TPSA) is 79.5 Å². The fraction of sp³-hybridized carbons (Fsp3) is 0.143. The van der Waals surface area contributed by atoms with Gasteiger partial charge in [-0.2, -0.15) is 0 Å². The molecule has 98 valence electrons. The van der Waals surface area contributed by atoms with E-state index in [1.54, 1.807) is 6.07 Å². The summed E-state index contributed by atoms with van der Waals surface area (Å²) in [5, 5.41) is 11.4. The van der Waals surface area contributed by atoms with Crippen molar-refractivity contribution in [1.82, 2.24) is 0 Å². The van der Waals surface area contributed by atoms with Gasteiger partial charge in [0, 0.05) is 5.69 Å². The highest BCUT2D eigenvalue weighted by Gasteiger charge is 2.14. The second-order valence-electron chi connectivity index (χ2n) is 3.98. The van der Waals surface area contributed by atoms with Gasteiger partial charge < -0.3 is 14.8 Å². The standard InChI is InChI=1S/C14H13NO4/c1-2-9-4-3-5-10(8-9)15-13(16)11-6-7-12(19-11)14(17)18/h3-8H,2H2,1H3,(H,15,16)(H,17,18). The van der Waals surface area contributed by atoms with Gasteiger partial charge in [-0.05, 0) is 36.2 Å². The van der Waals surface area contributed by atoms with Crippen LogP contribution in [0.2, 0.25) is 0 Å². The first-order valence-corrected chi connectivity index (χ1v) is 5.83. The minimum atomic E-state index is -1.20. The van der Waals surface area contributed by atoms with Crippen LogP contribution in [-0.4, -0.2) is 17.0 Å². The van der Waals surface area contributed by atoms with E-state index in [1.807, 2.05) is 25.1 Å². The summed E-state index contributed by atoms with van der Waals surface area (Å²) in [6.45, 7) is 2.02. The molecule has 0 saturated heterocycles. The van der Waals surface area contributed by atoms with Crippen molar-refractivity contribution in [2.24, 2.45) is 0 Å². The Labute approximate surface area is 109 Å². The molecule has 0 aliphatic heterocycles. The summed E-state index contributed by atoms with van der Waals surface area (Å²) in [6, 6.07) is 10.0. The number of aromatic carboxylic acids is 1. The molecule has 2 aromatic rings. The number of anilines is 1. The van der Waals surface area contributed by atoms with E-state index in [9.17, 15) is 9.59 Å². The SMILES string of the molecule is CCc1cccc(NC(=O)c2ccc(C(=O)O)o2)c1. The van der Waals surface area contributed by atoms with E-state index in [0.717, 1.165) is 12.0 Å². The summed E-state index contributed by atoms with van der Waals surface area (Å²) >= 11 is 0. The Bertz CT molecular complexity index is 615. The Morgan fingerprint density at radius 3 is 2.58 bits per heavy atom. The molecule has 0 spiro atoms. The number of rotatable bonds is 4. The van der Waals surface area contributed by atoms with E-state index in [-0.39, 0.29) is 11.5 Å². The molecule has 0 aliphatic carbocycles. The summed E-state index contributed by atoms with van der Waals surface area (Å²) in [4.78, 5) is 22.5. The van der Waals surface area contributed by atoms with Crippen molar-refractivity contribution >= 4 is 17.6 Å². The highest BCUT2D eigenvalue weighted by atomic mass is 16.4. The van der Waals surface area contributed by atoms with Crippen LogP contribution in [0, 0.1) is 0 Å². The molecule has 0 bridgehead atoms. The van der Waals surface area contributed by atoms with Gasteiger partial charge in [0.15, 0.2) is 5.76 Å². The Hall–Kier alpha value is -2.56. The zero-order chi connectivity index (χ0) is 13.8. The number of carbonyl (C=O) groups is 2. The molecule has 2 N–H and O–H groups in total. The van der Waals surface area contributed by atoms with Crippen molar-refractivity contribution < 1.29 is 19.1 Å². The Kier molecular flexibility index (Phi) is 3.66.